The third-order valence-corrected chi connectivity index (χ3v) is 2.31. The van der Waals surface area contributed by atoms with E-state index in [0.29, 0.717) is 6.61 Å². The summed E-state index contributed by atoms with van der Waals surface area (Å²) in [6.45, 7) is 2.16. The number of alkyl halides is 4. The Balaban J connectivity index is 2.97. The number of halogens is 4. The molecule has 0 saturated heterocycles. The Labute approximate surface area is 99.6 Å². The molecule has 1 rings (SSSR count). The Morgan fingerprint density at radius 2 is 2.18 bits per heavy atom. The van der Waals surface area contributed by atoms with Crippen LogP contribution in [0.3, 0.4) is 0 Å². The summed E-state index contributed by atoms with van der Waals surface area (Å²) in [5.41, 5.74) is 0. The van der Waals surface area contributed by atoms with Crippen molar-refractivity contribution in [3.63, 3.8) is 0 Å². The van der Waals surface area contributed by atoms with Gasteiger partial charge in [-0.1, -0.05) is 0 Å². The predicted molar refractivity (Wildman–Crippen MR) is 53.8 cm³/mol. The number of aromatic amines is 1. The van der Waals surface area contributed by atoms with Crippen LogP contribution in [0, 0.1) is 4.77 Å². The van der Waals surface area contributed by atoms with Crippen molar-refractivity contribution in [2.24, 2.45) is 0 Å². The van der Waals surface area contributed by atoms with Gasteiger partial charge in [-0.2, -0.15) is 13.9 Å². The van der Waals surface area contributed by atoms with Gasteiger partial charge in [-0.3, -0.25) is 9.67 Å². The van der Waals surface area contributed by atoms with E-state index in [0.717, 1.165) is 4.57 Å². The molecule has 0 aliphatic carbocycles. The molecule has 0 bridgehead atoms. The first kappa shape index (κ1) is 14.1. The summed E-state index contributed by atoms with van der Waals surface area (Å²) < 4.78 is 56.3. The van der Waals surface area contributed by atoms with Crippen molar-refractivity contribution in [3.05, 3.63) is 10.6 Å². The maximum Gasteiger partial charge on any atom is 0.365 e. The second kappa shape index (κ2) is 5.58. The first-order valence-electron chi connectivity index (χ1n) is 4.80. The van der Waals surface area contributed by atoms with Crippen LogP contribution in [-0.4, -0.2) is 34.4 Å². The zero-order chi connectivity index (χ0) is 13.1. The summed E-state index contributed by atoms with van der Waals surface area (Å²) in [5.74, 6) is -5.41. The third kappa shape index (κ3) is 3.03. The fourth-order valence-electron chi connectivity index (χ4n) is 1.18. The lowest BCUT2D eigenvalue weighted by Crippen LogP contribution is -2.28. The van der Waals surface area contributed by atoms with Gasteiger partial charge in [0, 0.05) is 6.61 Å². The number of rotatable bonds is 6. The zero-order valence-electron chi connectivity index (χ0n) is 8.92. The Morgan fingerprint density at radius 1 is 1.53 bits per heavy atom. The highest BCUT2D eigenvalue weighted by molar-refractivity contribution is 7.71. The summed E-state index contributed by atoms with van der Waals surface area (Å²) in [7, 11) is 0. The van der Waals surface area contributed by atoms with Crippen LogP contribution in [-0.2, 0) is 17.2 Å². The van der Waals surface area contributed by atoms with Gasteiger partial charge in [0.2, 0.25) is 5.82 Å². The third-order valence-electron chi connectivity index (χ3n) is 1.99. The molecule has 0 unspecified atom stereocenters. The Hall–Kier alpha value is -0.960. The number of aromatic nitrogens is 3. The lowest BCUT2D eigenvalue weighted by molar-refractivity contribution is -0.143. The molecule has 0 aliphatic heterocycles. The van der Waals surface area contributed by atoms with Crippen LogP contribution in [0.5, 0.6) is 0 Å². The van der Waals surface area contributed by atoms with Crippen LogP contribution in [0.2, 0.25) is 0 Å². The van der Waals surface area contributed by atoms with Crippen LogP contribution in [0.1, 0.15) is 12.7 Å². The van der Waals surface area contributed by atoms with Crippen molar-refractivity contribution in [2.75, 3.05) is 13.2 Å². The molecule has 0 fully saturated rings. The van der Waals surface area contributed by atoms with Gasteiger partial charge in [-0.05, 0) is 19.1 Å². The van der Waals surface area contributed by atoms with E-state index in [1.54, 1.807) is 6.92 Å². The average molecular weight is 273 g/mol. The Bertz CT molecular complexity index is 417. The molecule has 1 aromatic rings. The van der Waals surface area contributed by atoms with Crippen LogP contribution in [0.4, 0.5) is 17.6 Å². The average Bonchev–Trinajstić information content (AvgIpc) is 2.61. The maximum atomic E-state index is 13.1. The minimum atomic E-state index is -4.33. The zero-order valence-corrected chi connectivity index (χ0v) is 9.74. The summed E-state index contributed by atoms with van der Waals surface area (Å²) in [5, 5.41) is 5.22. The predicted octanol–water partition coefficient (Wildman–Crippen LogP) is 2.33. The molecule has 1 aromatic heterocycles. The number of hydrogen-bond donors (Lipinski definition) is 1. The highest BCUT2D eigenvalue weighted by Crippen LogP contribution is 2.33. The number of H-pyrrole nitrogens is 1. The molecule has 0 amide bonds. The SMILES string of the molecule is CCOCCn1c(C(F)(F)C(F)F)n[nH]c1=S. The van der Waals surface area contributed by atoms with Gasteiger partial charge >= 0.3 is 12.3 Å². The number of hydrogen-bond acceptors (Lipinski definition) is 3. The topological polar surface area (TPSA) is 42.8 Å². The van der Waals surface area contributed by atoms with Crippen LogP contribution >= 0.6 is 12.2 Å². The second-order valence-corrected chi connectivity index (χ2v) is 3.51. The molecule has 98 valence electrons. The molecule has 1 heterocycles. The summed E-state index contributed by atoms with van der Waals surface area (Å²) in [6, 6.07) is 0. The number of nitrogens with zero attached hydrogens (tertiary/aromatic N) is 2. The quantitative estimate of drug-likeness (QED) is 0.491. The van der Waals surface area contributed by atoms with E-state index in [1.165, 1.54) is 0 Å². The smallest absolute Gasteiger partial charge is 0.365 e. The van der Waals surface area contributed by atoms with Crippen molar-refractivity contribution in [2.45, 2.75) is 25.8 Å². The van der Waals surface area contributed by atoms with E-state index < -0.39 is 18.2 Å². The first-order chi connectivity index (χ1) is 7.91. The molecular weight excluding hydrogens is 262 g/mol. The van der Waals surface area contributed by atoms with E-state index in [2.05, 4.69) is 22.4 Å². The van der Waals surface area contributed by atoms with E-state index in [-0.39, 0.29) is 17.9 Å². The minimum Gasteiger partial charge on any atom is -0.380 e. The lowest BCUT2D eigenvalue weighted by atomic mass is 10.3. The Morgan fingerprint density at radius 3 is 2.71 bits per heavy atom. The Kier molecular flexibility index (Phi) is 4.63. The molecule has 0 saturated carbocycles. The standard InChI is InChI=1S/C8H11F4N3OS/c1-2-16-4-3-15-6(13-14-7(15)17)8(11,12)5(9)10/h5H,2-4H2,1H3,(H,14,17). The monoisotopic (exact) mass is 273 g/mol. The summed E-state index contributed by atoms with van der Waals surface area (Å²) in [6.07, 6.45) is -3.83. The largest absolute Gasteiger partial charge is 0.380 e. The summed E-state index contributed by atoms with van der Waals surface area (Å²) in [4.78, 5) is 0. The molecule has 9 heteroatoms. The van der Waals surface area contributed by atoms with Gasteiger partial charge in [0.1, 0.15) is 0 Å². The molecule has 0 spiro atoms. The van der Waals surface area contributed by atoms with Gasteiger partial charge in [0.05, 0.1) is 13.2 Å². The van der Waals surface area contributed by atoms with E-state index in [9.17, 15) is 17.6 Å². The van der Waals surface area contributed by atoms with Crippen molar-refractivity contribution in [3.8, 4) is 0 Å². The number of ether oxygens (including phenoxy) is 1. The second-order valence-electron chi connectivity index (χ2n) is 3.12. The molecule has 0 radical (unpaired) electrons. The minimum absolute atomic E-state index is 0.0547. The highest BCUT2D eigenvalue weighted by atomic mass is 32.1. The maximum absolute atomic E-state index is 13.1. The molecular formula is C8H11F4N3OS. The highest BCUT2D eigenvalue weighted by Gasteiger charge is 2.47. The first-order valence-corrected chi connectivity index (χ1v) is 5.21. The molecule has 1 N–H and O–H groups in total. The van der Waals surface area contributed by atoms with Gasteiger partial charge in [0.25, 0.3) is 0 Å². The van der Waals surface area contributed by atoms with Gasteiger partial charge < -0.3 is 4.74 Å². The van der Waals surface area contributed by atoms with Gasteiger partial charge in [-0.25, -0.2) is 8.78 Å². The molecule has 0 atom stereocenters. The molecule has 4 nitrogen and oxygen atoms in total. The normalized spacial score (nSPS) is 12.4. The van der Waals surface area contributed by atoms with Gasteiger partial charge in [-0.15, -0.1) is 0 Å². The molecule has 17 heavy (non-hydrogen) atoms. The van der Waals surface area contributed by atoms with E-state index in [1.807, 2.05) is 0 Å². The van der Waals surface area contributed by atoms with Crippen molar-refractivity contribution in [1.82, 2.24) is 14.8 Å². The fourth-order valence-corrected chi connectivity index (χ4v) is 1.40. The fraction of sp³-hybridized carbons (Fsp3) is 0.750. The molecule has 0 aromatic carbocycles. The van der Waals surface area contributed by atoms with Crippen molar-refractivity contribution in [1.29, 1.82) is 0 Å². The van der Waals surface area contributed by atoms with Gasteiger partial charge in [0.15, 0.2) is 4.77 Å². The van der Waals surface area contributed by atoms with E-state index in [4.69, 9.17) is 4.74 Å². The van der Waals surface area contributed by atoms with Crippen molar-refractivity contribution < 1.29 is 22.3 Å². The van der Waals surface area contributed by atoms with Crippen LogP contribution in [0.25, 0.3) is 0 Å². The van der Waals surface area contributed by atoms with Crippen LogP contribution < -0.4 is 0 Å². The van der Waals surface area contributed by atoms with Crippen molar-refractivity contribution >= 4 is 12.2 Å². The lowest BCUT2D eigenvalue weighted by Gasteiger charge is -2.15. The van der Waals surface area contributed by atoms with Crippen LogP contribution in [0.15, 0.2) is 0 Å². The molecule has 0 aliphatic rings. The number of nitrogens with one attached hydrogen (secondary N) is 1. The summed E-state index contributed by atoms with van der Waals surface area (Å²) >= 11 is 4.69. The van der Waals surface area contributed by atoms with E-state index >= 15 is 0 Å².